The number of carbonyl (C=O) groups excluding carboxylic acids is 2. The van der Waals surface area contributed by atoms with E-state index < -0.39 is 47.0 Å². The minimum atomic E-state index is -4.62. The van der Waals surface area contributed by atoms with Crippen LogP contribution in [0.3, 0.4) is 0 Å². The molecule has 0 fully saturated rings. The predicted octanol–water partition coefficient (Wildman–Crippen LogP) is 3.27. The third-order valence-electron chi connectivity index (χ3n) is 5.54. The van der Waals surface area contributed by atoms with Gasteiger partial charge in [-0.15, -0.1) is 0 Å². The number of aromatic nitrogens is 2. The molecule has 0 saturated heterocycles. The number of ether oxygens (including phenoxy) is 2. The predicted molar refractivity (Wildman–Crippen MR) is 123 cm³/mol. The maximum Gasteiger partial charge on any atom is 0.416 e. The first-order valence-corrected chi connectivity index (χ1v) is 10.8. The molecule has 0 radical (unpaired) electrons. The highest BCUT2D eigenvalue weighted by Gasteiger charge is 2.33. The standard InChI is InChI=1S/C25H23F3N2O6/c1-4-36-23(33)19-14-29(18-10-8-16(9-11-18)12-21(31)35-3)24(34)30(22(19)32)13-17-6-5-7-20(15(17)2)25(26,27)28/h5-11,14H,4,12-13H2,1-3H3. The van der Waals surface area contributed by atoms with Crippen LogP contribution in [0.1, 0.15) is 39.5 Å². The van der Waals surface area contributed by atoms with Gasteiger partial charge in [0.05, 0.1) is 37.9 Å². The number of benzene rings is 2. The first-order valence-electron chi connectivity index (χ1n) is 10.8. The van der Waals surface area contributed by atoms with Gasteiger partial charge in [0.15, 0.2) is 0 Å². The Kier molecular flexibility index (Phi) is 7.81. The SMILES string of the molecule is CCOC(=O)c1cn(-c2ccc(CC(=O)OC)cc2)c(=O)n(Cc2cccc(C(F)(F)F)c2C)c1=O. The summed E-state index contributed by atoms with van der Waals surface area (Å²) in [4.78, 5) is 50.4. The average molecular weight is 504 g/mol. The number of halogens is 3. The Hall–Kier alpha value is -4.15. The Morgan fingerprint density at radius 3 is 2.28 bits per heavy atom. The van der Waals surface area contributed by atoms with Crippen molar-refractivity contribution in [3.8, 4) is 5.69 Å². The van der Waals surface area contributed by atoms with Gasteiger partial charge in [0.1, 0.15) is 5.56 Å². The first-order chi connectivity index (χ1) is 17.0. The van der Waals surface area contributed by atoms with Crippen LogP contribution in [0.4, 0.5) is 13.2 Å². The Morgan fingerprint density at radius 1 is 1.03 bits per heavy atom. The van der Waals surface area contributed by atoms with E-state index in [1.807, 2.05) is 0 Å². The zero-order valence-corrected chi connectivity index (χ0v) is 19.7. The van der Waals surface area contributed by atoms with E-state index >= 15 is 0 Å². The number of rotatable bonds is 7. The van der Waals surface area contributed by atoms with E-state index in [2.05, 4.69) is 4.74 Å². The van der Waals surface area contributed by atoms with Crippen LogP contribution in [-0.4, -0.2) is 34.8 Å². The van der Waals surface area contributed by atoms with Crippen LogP contribution >= 0.6 is 0 Å². The van der Waals surface area contributed by atoms with Crippen molar-refractivity contribution in [2.75, 3.05) is 13.7 Å². The van der Waals surface area contributed by atoms with E-state index in [-0.39, 0.29) is 29.8 Å². The molecule has 3 aromatic rings. The molecular formula is C25H23F3N2O6. The number of alkyl halides is 3. The van der Waals surface area contributed by atoms with Gasteiger partial charge in [0.25, 0.3) is 5.56 Å². The van der Waals surface area contributed by atoms with Crippen molar-refractivity contribution in [3.05, 3.63) is 97.3 Å². The second-order valence-corrected chi connectivity index (χ2v) is 7.81. The summed E-state index contributed by atoms with van der Waals surface area (Å²) in [7, 11) is 1.25. The maximum absolute atomic E-state index is 13.4. The molecule has 0 unspecified atom stereocenters. The summed E-state index contributed by atoms with van der Waals surface area (Å²) in [5.41, 5.74) is -2.41. The second-order valence-electron chi connectivity index (χ2n) is 7.81. The number of esters is 2. The largest absolute Gasteiger partial charge is 0.469 e. The lowest BCUT2D eigenvalue weighted by molar-refractivity contribution is -0.140. The molecule has 0 spiro atoms. The maximum atomic E-state index is 13.4. The molecule has 0 amide bonds. The quantitative estimate of drug-likeness (QED) is 0.459. The summed E-state index contributed by atoms with van der Waals surface area (Å²) in [6, 6.07) is 9.59. The third kappa shape index (κ3) is 5.56. The van der Waals surface area contributed by atoms with Crippen molar-refractivity contribution in [1.29, 1.82) is 0 Å². The molecule has 11 heteroatoms. The van der Waals surface area contributed by atoms with E-state index in [1.165, 1.54) is 38.3 Å². The third-order valence-corrected chi connectivity index (χ3v) is 5.54. The number of carbonyl (C=O) groups is 2. The van der Waals surface area contributed by atoms with Gasteiger partial charge in [-0.05, 0) is 48.7 Å². The number of nitrogens with zero attached hydrogens (tertiary/aromatic N) is 2. The summed E-state index contributed by atoms with van der Waals surface area (Å²) in [5, 5.41) is 0. The summed E-state index contributed by atoms with van der Waals surface area (Å²) in [6.45, 7) is 2.25. The molecule has 0 N–H and O–H groups in total. The zero-order valence-electron chi connectivity index (χ0n) is 19.7. The van der Waals surface area contributed by atoms with Crippen LogP contribution in [0.2, 0.25) is 0 Å². The molecule has 190 valence electrons. The molecule has 8 nitrogen and oxygen atoms in total. The molecule has 0 aliphatic rings. The lowest BCUT2D eigenvalue weighted by Crippen LogP contribution is -2.42. The van der Waals surface area contributed by atoms with Gasteiger partial charge in [-0.25, -0.2) is 9.59 Å². The van der Waals surface area contributed by atoms with Crippen molar-refractivity contribution >= 4 is 11.9 Å². The molecule has 2 aromatic carbocycles. The minimum absolute atomic E-state index is 0.00588. The van der Waals surface area contributed by atoms with E-state index in [0.29, 0.717) is 10.1 Å². The van der Waals surface area contributed by atoms with E-state index in [9.17, 15) is 32.3 Å². The number of hydrogen-bond donors (Lipinski definition) is 0. The van der Waals surface area contributed by atoms with Gasteiger partial charge in [-0.2, -0.15) is 13.2 Å². The highest BCUT2D eigenvalue weighted by Crippen LogP contribution is 2.33. The fraction of sp³-hybridized carbons (Fsp3) is 0.280. The van der Waals surface area contributed by atoms with Crippen molar-refractivity contribution < 1.29 is 32.2 Å². The van der Waals surface area contributed by atoms with Crippen LogP contribution in [0.15, 0.2) is 58.3 Å². The highest BCUT2D eigenvalue weighted by atomic mass is 19.4. The monoisotopic (exact) mass is 504 g/mol. The van der Waals surface area contributed by atoms with Crippen LogP contribution < -0.4 is 11.2 Å². The number of hydrogen-bond acceptors (Lipinski definition) is 6. The highest BCUT2D eigenvalue weighted by molar-refractivity contribution is 5.88. The van der Waals surface area contributed by atoms with Crippen molar-refractivity contribution in [2.45, 2.75) is 33.0 Å². The second kappa shape index (κ2) is 10.6. The summed E-state index contributed by atoms with van der Waals surface area (Å²) >= 11 is 0. The minimum Gasteiger partial charge on any atom is -0.469 e. The lowest BCUT2D eigenvalue weighted by atomic mass is 10.0. The molecule has 0 saturated carbocycles. The van der Waals surface area contributed by atoms with Gasteiger partial charge < -0.3 is 9.47 Å². The Balaban J connectivity index is 2.17. The van der Waals surface area contributed by atoms with Crippen LogP contribution in [-0.2, 0) is 33.4 Å². The van der Waals surface area contributed by atoms with E-state index in [1.54, 1.807) is 19.1 Å². The van der Waals surface area contributed by atoms with Gasteiger partial charge in [0.2, 0.25) is 0 Å². The van der Waals surface area contributed by atoms with E-state index in [0.717, 1.165) is 16.8 Å². The fourth-order valence-corrected chi connectivity index (χ4v) is 3.62. The molecular weight excluding hydrogens is 481 g/mol. The van der Waals surface area contributed by atoms with E-state index in [4.69, 9.17) is 4.74 Å². The molecule has 0 atom stereocenters. The Bertz CT molecular complexity index is 1410. The lowest BCUT2D eigenvalue weighted by Gasteiger charge is -2.16. The van der Waals surface area contributed by atoms with Gasteiger partial charge >= 0.3 is 23.8 Å². The molecule has 36 heavy (non-hydrogen) atoms. The fourth-order valence-electron chi connectivity index (χ4n) is 3.62. The first kappa shape index (κ1) is 26.5. The number of methoxy groups -OCH3 is 1. The summed E-state index contributed by atoms with van der Waals surface area (Å²) in [5.74, 6) is -1.44. The molecule has 0 bridgehead atoms. The van der Waals surface area contributed by atoms with Crippen molar-refractivity contribution in [2.24, 2.45) is 0 Å². The normalized spacial score (nSPS) is 11.3. The van der Waals surface area contributed by atoms with Crippen LogP contribution in [0, 0.1) is 6.92 Å². The van der Waals surface area contributed by atoms with Gasteiger partial charge in [0, 0.05) is 6.20 Å². The summed E-state index contributed by atoms with van der Waals surface area (Å²) in [6.07, 6.45) is -3.59. The molecule has 0 aliphatic carbocycles. The molecule has 1 heterocycles. The van der Waals surface area contributed by atoms with Crippen LogP contribution in [0.25, 0.3) is 5.69 Å². The Labute approximate surface area is 203 Å². The zero-order chi connectivity index (χ0) is 26.6. The van der Waals surface area contributed by atoms with Crippen LogP contribution in [0.5, 0.6) is 0 Å². The molecule has 0 aliphatic heterocycles. The summed E-state index contributed by atoms with van der Waals surface area (Å²) < 4.78 is 51.4. The molecule has 1 aromatic heterocycles. The van der Waals surface area contributed by atoms with Gasteiger partial charge in [-0.1, -0.05) is 24.3 Å². The Morgan fingerprint density at radius 2 is 1.69 bits per heavy atom. The smallest absolute Gasteiger partial charge is 0.416 e. The van der Waals surface area contributed by atoms with Crippen molar-refractivity contribution in [1.82, 2.24) is 9.13 Å². The van der Waals surface area contributed by atoms with Gasteiger partial charge in [-0.3, -0.25) is 18.7 Å². The van der Waals surface area contributed by atoms with Crippen molar-refractivity contribution in [3.63, 3.8) is 0 Å². The molecule has 3 rings (SSSR count). The topological polar surface area (TPSA) is 96.6 Å². The average Bonchev–Trinajstić information content (AvgIpc) is 2.82.